The molecule has 5 nitrogen and oxygen atoms in total. The molecule has 2 aromatic rings. The first kappa shape index (κ1) is 15.4. The van der Waals surface area contributed by atoms with Crippen LogP contribution in [0.25, 0.3) is 0 Å². The van der Waals surface area contributed by atoms with Gasteiger partial charge in [0.2, 0.25) is 0 Å². The Morgan fingerprint density at radius 1 is 1.25 bits per heavy atom. The Hall–Kier alpha value is -2.14. The molecule has 0 unspecified atom stereocenters. The average molecular weight is 323 g/mol. The molecule has 1 fully saturated rings. The Bertz CT molecular complexity index is 679. The number of hydrogen-bond acceptors (Lipinski definition) is 5. The number of rotatable bonds is 4. The van der Waals surface area contributed by atoms with Crippen LogP contribution in [0.3, 0.4) is 0 Å². The van der Waals surface area contributed by atoms with Gasteiger partial charge in [-0.05, 0) is 37.4 Å². The number of nitrogens with one attached hydrogen (secondary N) is 1. The van der Waals surface area contributed by atoms with E-state index in [1.54, 1.807) is 12.4 Å². The summed E-state index contributed by atoms with van der Waals surface area (Å²) in [4.78, 5) is 13.5. The van der Waals surface area contributed by atoms with Gasteiger partial charge in [0, 0.05) is 50.3 Å². The lowest BCUT2D eigenvalue weighted by Crippen LogP contribution is -2.43. The van der Waals surface area contributed by atoms with Crippen molar-refractivity contribution >= 4 is 11.5 Å². The van der Waals surface area contributed by atoms with Crippen molar-refractivity contribution in [3.05, 3.63) is 47.9 Å². The van der Waals surface area contributed by atoms with E-state index in [9.17, 15) is 0 Å². The van der Waals surface area contributed by atoms with Gasteiger partial charge in [0.1, 0.15) is 5.82 Å². The molecule has 0 atom stereocenters. The molecule has 5 heteroatoms. The van der Waals surface area contributed by atoms with Crippen molar-refractivity contribution in [3.8, 4) is 0 Å². The van der Waals surface area contributed by atoms with Gasteiger partial charge in [-0.25, -0.2) is 4.98 Å². The molecule has 0 amide bonds. The molecule has 2 aliphatic heterocycles. The minimum Gasteiger partial charge on any atom is -0.384 e. The fraction of sp³-hybridized carbons (Fsp3) is 0.474. The van der Waals surface area contributed by atoms with Gasteiger partial charge in [0.25, 0.3) is 0 Å². The van der Waals surface area contributed by atoms with Crippen molar-refractivity contribution < 1.29 is 0 Å². The van der Waals surface area contributed by atoms with Crippen molar-refractivity contribution in [1.82, 2.24) is 14.9 Å². The third-order valence-corrected chi connectivity index (χ3v) is 5.31. The maximum Gasteiger partial charge on any atom is 0.147 e. The Kier molecular flexibility index (Phi) is 4.34. The molecule has 1 N–H and O–H groups in total. The topological polar surface area (TPSA) is 44.3 Å². The SMILES string of the molecule is CN(Cc1cccc2c1NCC2)C1CCN(c2cnccn2)CC1. The van der Waals surface area contributed by atoms with E-state index in [-0.39, 0.29) is 0 Å². The summed E-state index contributed by atoms with van der Waals surface area (Å²) in [5.41, 5.74) is 4.28. The number of piperidine rings is 1. The highest BCUT2D eigenvalue weighted by Crippen LogP contribution is 2.28. The minimum absolute atomic E-state index is 0.634. The molecular formula is C19H25N5. The van der Waals surface area contributed by atoms with Gasteiger partial charge in [0.15, 0.2) is 0 Å². The summed E-state index contributed by atoms with van der Waals surface area (Å²) in [5.74, 6) is 1.00. The van der Waals surface area contributed by atoms with Crippen molar-refractivity contribution in [2.45, 2.75) is 31.8 Å². The van der Waals surface area contributed by atoms with Crippen molar-refractivity contribution in [2.75, 3.05) is 36.9 Å². The predicted molar refractivity (Wildman–Crippen MR) is 97.4 cm³/mol. The molecule has 2 aliphatic rings. The number of benzene rings is 1. The van der Waals surface area contributed by atoms with E-state index in [1.807, 2.05) is 6.20 Å². The standard InChI is InChI=1S/C19H25N5/c1-23(14-16-4-2-3-15-5-8-22-19(15)16)17-6-11-24(12-7-17)18-13-20-9-10-21-18/h2-4,9-10,13,17,22H,5-8,11-12,14H2,1H3. The summed E-state index contributed by atoms with van der Waals surface area (Å²) < 4.78 is 0. The van der Waals surface area contributed by atoms with Crippen LogP contribution in [0.15, 0.2) is 36.8 Å². The summed E-state index contributed by atoms with van der Waals surface area (Å²) in [6, 6.07) is 7.35. The van der Waals surface area contributed by atoms with Gasteiger partial charge in [-0.3, -0.25) is 9.88 Å². The van der Waals surface area contributed by atoms with Crippen LogP contribution < -0.4 is 10.2 Å². The van der Waals surface area contributed by atoms with Crippen LogP contribution in [0.1, 0.15) is 24.0 Å². The number of para-hydroxylation sites is 1. The molecule has 1 saturated heterocycles. The fourth-order valence-electron chi connectivity index (χ4n) is 3.93. The molecule has 1 aromatic carbocycles. The lowest BCUT2D eigenvalue weighted by atomic mass is 10.0. The third kappa shape index (κ3) is 3.08. The smallest absolute Gasteiger partial charge is 0.147 e. The van der Waals surface area contributed by atoms with Gasteiger partial charge in [-0.15, -0.1) is 0 Å². The van der Waals surface area contributed by atoms with Gasteiger partial charge in [-0.2, -0.15) is 0 Å². The van der Waals surface area contributed by atoms with Crippen LogP contribution in [0.4, 0.5) is 11.5 Å². The largest absolute Gasteiger partial charge is 0.384 e. The first-order valence-corrected chi connectivity index (χ1v) is 8.87. The third-order valence-electron chi connectivity index (χ3n) is 5.31. The summed E-state index contributed by atoms with van der Waals surface area (Å²) in [5, 5.41) is 3.56. The van der Waals surface area contributed by atoms with Gasteiger partial charge in [-0.1, -0.05) is 18.2 Å². The summed E-state index contributed by atoms with van der Waals surface area (Å²) in [7, 11) is 2.26. The molecule has 0 spiro atoms. The van der Waals surface area contributed by atoms with E-state index in [1.165, 1.54) is 29.7 Å². The van der Waals surface area contributed by atoms with Crippen LogP contribution in [0.2, 0.25) is 0 Å². The fourth-order valence-corrected chi connectivity index (χ4v) is 3.93. The molecule has 1 aromatic heterocycles. The van der Waals surface area contributed by atoms with Crippen LogP contribution in [-0.2, 0) is 13.0 Å². The van der Waals surface area contributed by atoms with E-state index >= 15 is 0 Å². The predicted octanol–water partition coefficient (Wildman–Crippen LogP) is 2.55. The van der Waals surface area contributed by atoms with Gasteiger partial charge >= 0.3 is 0 Å². The van der Waals surface area contributed by atoms with Crippen LogP contribution >= 0.6 is 0 Å². The maximum absolute atomic E-state index is 4.42. The van der Waals surface area contributed by atoms with E-state index in [0.717, 1.165) is 38.4 Å². The van der Waals surface area contributed by atoms with Crippen molar-refractivity contribution in [1.29, 1.82) is 0 Å². The molecule has 0 radical (unpaired) electrons. The van der Waals surface area contributed by atoms with Crippen LogP contribution in [-0.4, -0.2) is 47.6 Å². The number of anilines is 2. The summed E-state index contributed by atoms with van der Waals surface area (Å²) in [6.07, 6.45) is 8.88. The maximum atomic E-state index is 4.42. The first-order chi connectivity index (χ1) is 11.8. The second kappa shape index (κ2) is 6.77. The number of nitrogens with zero attached hydrogens (tertiary/aromatic N) is 4. The van der Waals surface area contributed by atoms with Gasteiger partial charge < -0.3 is 10.2 Å². The summed E-state index contributed by atoms with van der Waals surface area (Å²) in [6.45, 7) is 4.20. The zero-order chi connectivity index (χ0) is 16.4. The van der Waals surface area contributed by atoms with E-state index in [4.69, 9.17) is 0 Å². The number of aromatic nitrogens is 2. The highest BCUT2D eigenvalue weighted by Gasteiger charge is 2.24. The highest BCUT2D eigenvalue weighted by molar-refractivity contribution is 5.61. The second-order valence-corrected chi connectivity index (χ2v) is 6.82. The van der Waals surface area contributed by atoms with E-state index in [0.29, 0.717) is 6.04 Å². The zero-order valence-electron chi connectivity index (χ0n) is 14.3. The van der Waals surface area contributed by atoms with Crippen molar-refractivity contribution in [3.63, 3.8) is 0 Å². The highest BCUT2D eigenvalue weighted by atomic mass is 15.2. The van der Waals surface area contributed by atoms with Gasteiger partial charge in [0.05, 0.1) is 6.20 Å². The lowest BCUT2D eigenvalue weighted by Gasteiger charge is -2.37. The molecular weight excluding hydrogens is 298 g/mol. The molecule has 3 heterocycles. The molecule has 0 aliphatic carbocycles. The Morgan fingerprint density at radius 2 is 2.12 bits per heavy atom. The monoisotopic (exact) mass is 323 g/mol. The van der Waals surface area contributed by atoms with Crippen LogP contribution in [0, 0.1) is 0 Å². The molecule has 24 heavy (non-hydrogen) atoms. The summed E-state index contributed by atoms with van der Waals surface area (Å²) >= 11 is 0. The Balaban J connectivity index is 1.37. The average Bonchev–Trinajstić information content (AvgIpc) is 3.12. The van der Waals surface area contributed by atoms with Crippen LogP contribution in [0.5, 0.6) is 0 Å². The van der Waals surface area contributed by atoms with E-state index in [2.05, 4.69) is 50.3 Å². The zero-order valence-corrected chi connectivity index (χ0v) is 14.3. The molecule has 0 saturated carbocycles. The second-order valence-electron chi connectivity index (χ2n) is 6.82. The minimum atomic E-state index is 0.634. The molecule has 126 valence electrons. The van der Waals surface area contributed by atoms with E-state index < -0.39 is 0 Å². The first-order valence-electron chi connectivity index (χ1n) is 8.87. The Morgan fingerprint density at radius 3 is 2.92 bits per heavy atom. The number of fused-ring (bicyclic) bond motifs is 1. The van der Waals surface area contributed by atoms with Crippen molar-refractivity contribution in [2.24, 2.45) is 0 Å². The normalized spacial score (nSPS) is 17.8. The molecule has 0 bridgehead atoms. The quantitative estimate of drug-likeness (QED) is 0.937. The molecule has 4 rings (SSSR count). The lowest BCUT2D eigenvalue weighted by molar-refractivity contribution is 0.200. The Labute approximate surface area is 143 Å². The number of hydrogen-bond donors (Lipinski definition) is 1.